The molecule has 4 nitrogen and oxygen atoms in total. The fraction of sp³-hybridized carbons (Fsp3) is 0.929. The summed E-state index contributed by atoms with van der Waals surface area (Å²) < 4.78 is 15.5. The first-order valence-electron chi connectivity index (χ1n) is 6.86. The van der Waals surface area contributed by atoms with Crippen molar-refractivity contribution in [2.45, 2.75) is 71.2 Å². The fourth-order valence-corrected chi connectivity index (χ4v) is 1.95. The lowest BCUT2D eigenvalue weighted by Gasteiger charge is -2.15. The summed E-state index contributed by atoms with van der Waals surface area (Å²) in [5.74, 6) is -0.176. The molecule has 0 aromatic heterocycles. The monoisotopic (exact) mass is 260 g/mol. The van der Waals surface area contributed by atoms with E-state index in [0.717, 1.165) is 38.5 Å². The highest BCUT2D eigenvalue weighted by Crippen LogP contribution is 2.13. The van der Waals surface area contributed by atoms with Crippen LogP contribution in [0.2, 0.25) is 0 Å². The van der Waals surface area contributed by atoms with Crippen molar-refractivity contribution >= 4 is 5.97 Å². The van der Waals surface area contributed by atoms with Gasteiger partial charge >= 0.3 is 5.97 Å². The zero-order valence-corrected chi connectivity index (χ0v) is 12.2. The molecule has 0 aromatic rings. The summed E-state index contributed by atoms with van der Waals surface area (Å²) >= 11 is 0. The second kappa shape index (κ2) is 11.5. The Morgan fingerprint density at radius 3 is 2.00 bits per heavy atom. The molecule has 0 rings (SSSR count). The summed E-state index contributed by atoms with van der Waals surface area (Å²) in [7, 11) is 3.33. The molecule has 108 valence electrons. The fourth-order valence-electron chi connectivity index (χ4n) is 1.95. The molecule has 18 heavy (non-hydrogen) atoms. The molecule has 0 spiro atoms. The van der Waals surface area contributed by atoms with Gasteiger partial charge in [0.2, 0.25) is 0 Å². The average Bonchev–Trinajstić information content (AvgIpc) is 2.36. The van der Waals surface area contributed by atoms with Crippen LogP contribution in [0.5, 0.6) is 0 Å². The number of methoxy groups -OCH3 is 2. The molecule has 0 aliphatic heterocycles. The normalized spacial score (nSPS) is 12.7. The van der Waals surface area contributed by atoms with Crippen molar-refractivity contribution in [1.82, 2.24) is 0 Å². The van der Waals surface area contributed by atoms with Gasteiger partial charge in [0, 0.05) is 21.1 Å². The molecule has 0 aromatic carbocycles. The van der Waals surface area contributed by atoms with Crippen molar-refractivity contribution in [3.8, 4) is 0 Å². The smallest absolute Gasteiger partial charge is 0.302 e. The van der Waals surface area contributed by atoms with Crippen molar-refractivity contribution in [3.05, 3.63) is 0 Å². The van der Waals surface area contributed by atoms with E-state index in [0.29, 0.717) is 0 Å². The minimum atomic E-state index is -0.176. The Labute approximate surface area is 111 Å². The van der Waals surface area contributed by atoms with Crippen LogP contribution in [0, 0.1) is 0 Å². The van der Waals surface area contributed by atoms with Gasteiger partial charge in [-0.2, -0.15) is 0 Å². The van der Waals surface area contributed by atoms with Gasteiger partial charge in [-0.3, -0.25) is 4.79 Å². The molecule has 1 atom stereocenters. The summed E-state index contributed by atoms with van der Waals surface area (Å²) in [6, 6.07) is 0. The van der Waals surface area contributed by atoms with E-state index in [9.17, 15) is 4.79 Å². The molecule has 0 N–H and O–H groups in total. The quantitative estimate of drug-likeness (QED) is 0.325. The van der Waals surface area contributed by atoms with Gasteiger partial charge in [0.15, 0.2) is 6.29 Å². The Balaban J connectivity index is 3.46. The summed E-state index contributed by atoms with van der Waals surface area (Å²) in [5.41, 5.74) is 0. The Morgan fingerprint density at radius 2 is 1.56 bits per heavy atom. The highest BCUT2D eigenvalue weighted by atomic mass is 16.7. The van der Waals surface area contributed by atoms with Gasteiger partial charge < -0.3 is 14.2 Å². The third-order valence-electron chi connectivity index (χ3n) is 3.03. The Hall–Kier alpha value is -0.610. The second-order valence-electron chi connectivity index (χ2n) is 4.53. The number of unbranched alkanes of at least 4 members (excludes halogenated alkanes) is 3. The van der Waals surface area contributed by atoms with E-state index in [2.05, 4.69) is 6.92 Å². The summed E-state index contributed by atoms with van der Waals surface area (Å²) in [6.45, 7) is 3.52. The molecule has 0 fully saturated rings. The molecule has 1 unspecified atom stereocenters. The Kier molecular flexibility index (Phi) is 11.1. The first kappa shape index (κ1) is 17.4. The maximum Gasteiger partial charge on any atom is 0.302 e. The first-order chi connectivity index (χ1) is 8.63. The van der Waals surface area contributed by atoms with E-state index in [-0.39, 0.29) is 18.4 Å². The van der Waals surface area contributed by atoms with Crippen LogP contribution in [0.3, 0.4) is 0 Å². The van der Waals surface area contributed by atoms with Crippen molar-refractivity contribution in [2.24, 2.45) is 0 Å². The average molecular weight is 260 g/mol. The van der Waals surface area contributed by atoms with Crippen LogP contribution in [0.25, 0.3) is 0 Å². The van der Waals surface area contributed by atoms with Gasteiger partial charge in [-0.05, 0) is 32.1 Å². The number of carbonyl (C=O) groups excluding carboxylic acids is 1. The summed E-state index contributed by atoms with van der Waals surface area (Å²) in [5, 5.41) is 0. The maximum absolute atomic E-state index is 10.8. The topological polar surface area (TPSA) is 44.8 Å². The van der Waals surface area contributed by atoms with Gasteiger partial charge in [0.1, 0.15) is 6.10 Å². The van der Waals surface area contributed by atoms with Crippen LogP contribution in [0.15, 0.2) is 0 Å². The van der Waals surface area contributed by atoms with Gasteiger partial charge in [-0.1, -0.05) is 19.8 Å². The number of esters is 1. The molecule has 0 heterocycles. The molecule has 0 bridgehead atoms. The molecule has 0 aliphatic carbocycles. The van der Waals surface area contributed by atoms with E-state index in [1.807, 2.05) is 0 Å². The molecular formula is C14H28O4. The molecule has 0 radical (unpaired) electrons. The predicted molar refractivity (Wildman–Crippen MR) is 71.4 cm³/mol. The first-order valence-corrected chi connectivity index (χ1v) is 6.86. The van der Waals surface area contributed by atoms with Crippen molar-refractivity contribution < 1.29 is 19.0 Å². The van der Waals surface area contributed by atoms with Crippen molar-refractivity contribution in [1.29, 1.82) is 0 Å². The number of rotatable bonds is 11. The van der Waals surface area contributed by atoms with Crippen LogP contribution >= 0.6 is 0 Å². The van der Waals surface area contributed by atoms with Crippen molar-refractivity contribution in [2.75, 3.05) is 14.2 Å². The lowest BCUT2D eigenvalue weighted by Crippen LogP contribution is -2.15. The maximum atomic E-state index is 10.8. The van der Waals surface area contributed by atoms with Gasteiger partial charge in [0.25, 0.3) is 0 Å². The van der Waals surface area contributed by atoms with E-state index >= 15 is 0 Å². The van der Waals surface area contributed by atoms with E-state index in [1.54, 1.807) is 14.2 Å². The van der Waals surface area contributed by atoms with Gasteiger partial charge in [-0.15, -0.1) is 0 Å². The number of hydrogen-bond donors (Lipinski definition) is 0. The van der Waals surface area contributed by atoms with Crippen molar-refractivity contribution in [3.63, 3.8) is 0 Å². The molecular weight excluding hydrogens is 232 g/mol. The summed E-state index contributed by atoms with van der Waals surface area (Å²) in [4.78, 5) is 10.8. The lowest BCUT2D eigenvalue weighted by molar-refractivity contribution is -0.146. The van der Waals surface area contributed by atoms with E-state index in [4.69, 9.17) is 14.2 Å². The van der Waals surface area contributed by atoms with E-state index < -0.39 is 0 Å². The van der Waals surface area contributed by atoms with Crippen LogP contribution < -0.4 is 0 Å². The highest BCUT2D eigenvalue weighted by Gasteiger charge is 2.09. The van der Waals surface area contributed by atoms with Crippen LogP contribution in [-0.2, 0) is 19.0 Å². The minimum Gasteiger partial charge on any atom is -0.463 e. The van der Waals surface area contributed by atoms with Crippen LogP contribution in [-0.4, -0.2) is 32.6 Å². The standard InChI is InChI=1S/C14H28O4/c1-5-13(18-12(2)15)10-8-6-7-9-11-14(16-3)17-4/h13-14H,5-11H2,1-4H3. The lowest BCUT2D eigenvalue weighted by atomic mass is 10.1. The zero-order valence-electron chi connectivity index (χ0n) is 12.2. The summed E-state index contributed by atoms with van der Waals surface area (Å²) in [6.07, 6.45) is 7.37. The third-order valence-corrected chi connectivity index (χ3v) is 3.03. The zero-order chi connectivity index (χ0) is 13.8. The third kappa shape index (κ3) is 9.42. The molecule has 4 heteroatoms. The predicted octanol–water partition coefficient (Wildman–Crippen LogP) is 3.29. The molecule has 0 amide bonds. The molecule has 0 saturated carbocycles. The Bertz CT molecular complexity index is 202. The van der Waals surface area contributed by atoms with E-state index in [1.165, 1.54) is 13.3 Å². The largest absolute Gasteiger partial charge is 0.463 e. The number of carbonyl (C=O) groups is 1. The number of ether oxygens (including phenoxy) is 3. The highest BCUT2D eigenvalue weighted by molar-refractivity contribution is 5.66. The van der Waals surface area contributed by atoms with Gasteiger partial charge in [-0.25, -0.2) is 0 Å². The SMILES string of the molecule is CCC(CCCCCCC(OC)OC)OC(C)=O. The molecule has 0 aliphatic rings. The second-order valence-corrected chi connectivity index (χ2v) is 4.53. The van der Waals surface area contributed by atoms with Gasteiger partial charge in [0.05, 0.1) is 0 Å². The molecule has 0 saturated heterocycles. The number of hydrogen-bond acceptors (Lipinski definition) is 4. The van der Waals surface area contributed by atoms with Crippen LogP contribution in [0.1, 0.15) is 58.8 Å². The Morgan fingerprint density at radius 1 is 1.00 bits per heavy atom. The minimum absolute atomic E-state index is 0.0746. The van der Waals surface area contributed by atoms with Crippen LogP contribution in [0.4, 0.5) is 0 Å².